The predicted molar refractivity (Wildman–Crippen MR) is 141 cm³/mol. The number of benzene rings is 2. The first-order valence-electron chi connectivity index (χ1n) is 11.3. The molecule has 5 N–H and O–H groups in total. The number of phenols is 1. The van der Waals surface area contributed by atoms with Crippen LogP contribution in [0, 0.1) is 0 Å². The highest BCUT2D eigenvalue weighted by Gasteiger charge is 2.37. The minimum atomic E-state index is -1.18. The van der Waals surface area contributed by atoms with Crippen molar-refractivity contribution in [2.75, 3.05) is 24.8 Å². The van der Waals surface area contributed by atoms with Crippen LogP contribution in [0.4, 0.5) is 11.4 Å². The summed E-state index contributed by atoms with van der Waals surface area (Å²) in [6.07, 6.45) is 1.45. The number of hydrogen-bond donors (Lipinski definition) is 3. The van der Waals surface area contributed by atoms with Crippen LogP contribution in [0.25, 0.3) is 0 Å². The van der Waals surface area contributed by atoms with E-state index in [1.54, 1.807) is 55.6 Å². The first kappa shape index (κ1) is 26.2. The van der Waals surface area contributed by atoms with Crippen LogP contribution in [0.15, 0.2) is 71.3 Å². The number of carbonyl (C=O) groups is 3. The molecule has 38 heavy (non-hydrogen) atoms. The Morgan fingerprint density at radius 2 is 1.79 bits per heavy atom. The van der Waals surface area contributed by atoms with Gasteiger partial charge in [-0.15, -0.1) is 0 Å². The van der Waals surface area contributed by atoms with Crippen molar-refractivity contribution >= 4 is 40.6 Å². The monoisotopic (exact) mass is 535 g/mol. The summed E-state index contributed by atoms with van der Waals surface area (Å²) in [5, 5.41) is 9.87. The van der Waals surface area contributed by atoms with Crippen LogP contribution < -0.4 is 21.1 Å². The number of ether oxygens (including phenoxy) is 1. The Bertz CT molecular complexity index is 1430. The topological polar surface area (TPSA) is 165 Å². The number of likely N-dealkylation sites (N-methyl/N-ethyl adjacent to an activating group) is 1. The van der Waals surface area contributed by atoms with E-state index < -0.39 is 23.8 Å². The number of primary amides is 1. The fourth-order valence-corrected chi connectivity index (χ4v) is 4.60. The fraction of sp³-hybridized carbons (Fsp3) is 0.154. The molecule has 2 aromatic heterocycles. The maximum Gasteiger partial charge on any atom is 0.270 e. The summed E-state index contributed by atoms with van der Waals surface area (Å²) in [5.74, 6) is -0.978. The molecule has 12 heteroatoms. The van der Waals surface area contributed by atoms with Crippen LogP contribution in [0.2, 0.25) is 0 Å². The summed E-state index contributed by atoms with van der Waals surface area (Å²) in [7, 11) is 3.12. The first-order chi connectivity index (χ1) is 18.2. The third-order valence-electron chi connectivity index (χ3n) is 5.87. The lowest BCUT2D eigenvalue weighted by Gasteiger charge is -2.33. The van der Waals surface area contributed by atoms with Gasteiger partial charge in [0.15, 0.2) is 5.69 Å². The number of hydrogen-bond acceptors (Lipinski definition) is 9. The van der Waals surface area contributed by atoms with Gasteiger partial charge in [0.25, 0.3) is 17.7 Å². The summed E-state index contributed by atoms with van der Waals surface area (Å²) >= 11 is 0.713. The van der Waals surface area contributed by atoms with Crippen molar-refractivity contribution in [2.45, 2.75) is 12.6 Å². The minimum absolute atomic E-state index is 0.00910. The van der Waals surface area contributed by atoms with Crippen LogP contribution >= 0.6 is 11.5 Å². The highest BCUT2D eigenvalue weighted by Crippen LogP contribution is 2.33. The number of amides is 3. The number of nitrogen functional groups attached to an aromatic ring is 1. The lowest BCUT2D eigenvalue weighted by atomic mass is 10.0. The number of aromatic hydroxyl groups is 1. The van der Waals surface area contributed by atoms with Crippen LogP contribution in [0.1, 0.15) is 37.5 Å². The van der Waals surface area contributed by atoms with Gasteiger partial charge in [0.2, 0.25) is 0 Å². The van der Waals surface area contributed by atoms with Crippen LogP contribution in [0.5, 0.6) is 11.5 Å². The second-order valence-electron chi connectivity index (χ2n) is 8.24. The predicted octanol–water partition coefficient (Wildman–Crippen LogP) is 3.18. The molecule has 0 saturated heterocycles. The SMILES string of the molecule is COc1ccc(N(C)C(=O)C(c2ccc(O)cc2)N(Cc2ccco2)C(=O)c2snc(C(N)=O)c2N)cc1. The Morgan fingerprint density at radius 3 is 2.34 bits per heavy atom. The van der Waals surface area contributed by atoms with E-state index in [1.807, 2.05) is 0 Å². The van der Waals surface area contributed by atoms with E-state index in [1.165, 1.54) is 35.3 Å². The number of rotatable bonds is 9. The van der Waals surface area contributed by atoms with E-state index in [4.69, 9.17) is 20.6 Å². The van der Waals surface area contributed by atoms with Gasteiger partial charge in [-0.3, -0.25) is 14.4 Å². The Balaban J connectivity index is 1.82. The third kappa shape index (κ3) is 5.30. The second kappa shape index (κ2) is 11.0. The summed E-state index contributed by atoms with van der Waals surface area (Å²) in [4.78, 5) is 42.4. The van der Waals surface area contributed by atoms with E-state index in [2.05, 4.69) is 4.37 Å². The number of phenolic OH excluding ortho intramolecular Hbond substituents is 1. The standard InChI is InChI=1S/C26H25N5O6S/c1-30(16-7-11-18(36-2)12-8-16)25(34)22(15-5-9-17(32)10-6-15)31(14-19-4-3-13-37-19)26(35)23-20(27)21(24(28)33)29-38-23/h3-13,22,32H,14,27H2,1-2H3,(H2,28,33). The lowest BCUT2D eigenvalue weighted by molar-refractivity contribution is -0.123. The van der Waals surface area contributed by atoms with Crippen molar-refractivity contribution in [3.05, 3.63) is 88.8 Å². The first-order valence-corrected chi connectivity index (χ1v) is 12.1. The summed E-state index contributed by atoms with van der Waals surface area (Å²) in [6, 6.07) is 14.9. The lowest BCUT2D eigenvalue weighted by Crippen LogP contribution is -2.44. The molecular weight excluding hydrogens is 510 g/mol. The maximum atomic E-state index is 14.1. The van der Waals surface area contributed by atoms with Gasteiger partial charge < -0.3 is 35.5 Å². The van der Waals surface area contributed by atoms with E-state index >= 15 is 0 Å². The van der Waals surface area contributed by atoms with Gasteiger partial charge in [-0.05, 0) is 65.6 Å². The molecule has 3 amide bonds. The van der Waals surface area contributed by atoms with Crippen LogP contribution in [-0.2, 0) is 11.3 Å². The summed E-state index contributed by atoms with van der Waals surface area (Å²) in [6.45, 7) is -0.108. The normalized spacial score (nSPS) is 11.5. The number of nitrogens with zero attached hydrogens (tertiary/aromatic N) is 3. The highest BCUT2D eigenvalue weighted by molar-refractivity contribution is 7.09. The van der Waals surface area contributed by atoms with Gasteiger partial charge in [0, 0.05) is 12.7 Å². The van der Waals surface area contributed by atoms with Crippen molar-refractivity contribution in [3.63, 3.8) is 0 Å². The van der Waals surface area contributed by atoms with E-state index in [-0.39, 0.29) is 28.6 Å². The number of methoxy groups -OCH3 is 1. The van der Waals surface area contributed by atoms with Crippen molar-refractivity contribution in [1.82, 2.24) is 9.27 Å². The third-order valence-corrected chi connectivity index (χ3v) is 6.72. The number of aromatic nitrogens is 1. The molecule has 196 valence electrons. The molecule has 11 nitrogen and oxygen atoms in total. The summed E-state index contributed by atoms with van der Waals surface area (Å²) in [5.41, 5.74) is 12.0. The Morgan fingerprint density at radius 1 is 1.11 bits per heavy atom. The average molecular weight is 536 g/mol. The number of nitrogens with two attached hydrogens (primary N) is 2. The smallest absolute Gasteiger partial charge is 0.270 e. The Hall–Kier alpha value is -4.84. The fourth-order valence-electron chi connectivity index (χ4n) is 3.84. The average Bonchev–Trinajstić information content (AvgIpc) is 3.58. The van der Waals surface area contributed by atoms with Gasteiger partial charge in [-0.2, -0.15) is 4.37 Å². The molecule has 4 aromatic rings. The maximum absolute atomic E-state index is 14.1. The quantitative estimate of drug-likeness (QED) is 0.294. The molecule has 0 radical (unpaired) electrons. The largest absolute Gasteiger partial charge is 0.508 e. The zero-order valence-electron chi connectivity index (χ0n) is 20.5. The zero-order valence-corrected chi connectivity index (χ0v) is 21.3. The molecule has 0 aliphatic carbocycles. The van der Waals surface area contributed by atoms with Crippen molar-refractivity contribution in [1.29, 1.82) is 0 Å². The molecule has 2 aromatic carbocycles. The molecule has 0 spiro atoms. The molecule has 0 fully saturated rings. The van der Waals surface area contributed by atoms with Crippen LogP contribution in [-0.4, -0.2) is 46.3 Å². The number of furan rings is 1. The molecule has 0 saturated carbocycles. The van der Waals surface area contributed by atoms with Crippen molar-refractivity contribution < 1.29 is 28.6 Å². The Kier molecular flexibility index (Phi) is 7.63. The number of anilines is 2. The second-order valence-corrected chi connectivity index (χ2v) is 9.01. The zero-order chi connectivity index (χ0) is 27.4. The molecule has 0 aliphatic heterocycles. The molecule has 2 heterocycles. The van der Waals surface area contributed by atoms with Crippen molar-refractivity contribution in [2.24, 2.45) is 5.73 Å². The van der Waals surface area contributed by atoms with Crippen LogP contribution in [0.3, 0.4) is 0 Å². The molecule has 1 atom stereocenters. The molecular formula is C26H25N5O6S. The number of carbonyl (C=O) groups excluding carboxylic acids is 3. The van der Waals surface area contributed by atoms with E-state index in [0.717, 1.165) is 0 Å². The highest BCUT2D eigenvalue weighted by atomic mass is 32.1. The minimum Gasteiger partial charge on any atom is -0.508 e. The van der Waals surface area contributed by atoms with Gasteiger partial charge in [-0.25, -0.2) is 0 Å². The van der Waals surface area contributed by atoms with Gasteiger partial charge in [0.1, 0.15) is 28.2 Å². The van der Waals surface area contributed by atoms with Gasteiger partial charge >= 0.3 is 0 Å². The molecule has 0 bridgehead atoms. The van der Waals surface area contributed by atoms with Crippen molar-refractivity contribution in [3.8, 4) is 11.5 Å². The van der Waals surface area contributed by atoms with E-state index in [9.17, 15) is 19.5 Å². The van der Waals surface area contributed by atoms with E-state index in [0.29, 0.717) is 34.3 Å². The molecule has 1 unspecified atom stereocenters. The van der Waals surface area contributed by atoms with Gasteiger partial charge in [0.05, 0.1) is 25.6 Å². The van der Waals surface area contributed by atoms with Gasteiger partial charge in [-0.1, -0.05) is 12.1 Å². The molecule has 4 rings (SSSR count). The molecule has 0 aliphatic rings. The summed E-state index contributed by atoms with van der Waals surface area (Å²) < 4.78 is 14.6. The Labute approximate surface area is 222 Å².